The molecular formula is C13H26N2OS. The third kappa shape index (κ3) is 4.88. The van der Waals surface area contributed by atoms with Gasteiger partial charge in [-0.25, -0.2) is 0 Å². The number of nitrogens with zero attached hydrogens (tertiary/aromatic N) is 1. The van der Waals surface area contributed by atoms with Gasteiger partial charge in [-0.3, -0.25) is 4.79 Å². The zero-order valence-electron chi connectivity index (χ0n) is 11.2. The van der Waals surface area contributed by atoms with Gasteiger partial charge in [-0.2, -0.15) is 11.8 Å². The van der Waals surface area contributed by atoms with E-state index < -0.39 is 0 Å². The number of carbonyl (C=O) groups excluding carboxylic acids is 1. The minimum Gasteiger partial charge on any atom is -0.341 e. The van der Waals surface area contributed by atoms with Gasteiger partial charge in [0, 0.05) is 13.1 Å². The highest BCUT2D eigenvalue weighted by Gasteiger charge is 2.24. The van der Waals surface area contributed by atoms with Gasteiger partial charge < -0.3 is 10.6 Å². The summed E-state index contributed by atoms with van der Waals surface area (Å²) in [4.78, 5) is 14.1. The van der Waals surface area contributed by atoms with Crippen molar-refractivity contribution in [3.63, 3.8) is 0 Å². The molecule has 1 rings (SSSR count). The molecule has 0 bridgehead atoms. The number of thioether (sulfide) groups is 1. The normalized spacial score (nSPS) is 19.7. The summed E-state index contributed by atoms with van der Waals surface area (Å²) in [6.45, 7) is 0. The predicted molar refractivity (Wildman–Crippen MR) is 75.2 cm³/mol. The van der Waals surface area contributed by atoms with Crippen LogP contribution >= 0.6 is 11.8 Å². The fraction of sp³-hybridized carbons (Fsp3) is 0.923. The first-order valence-electron chi connectivity index (χ1n) is 6.68. The number of rotatable bonds is 5. The predicted octanol–water partition coefficient (Wildman–Crippen LogP) is 2.25. The second-order valence-corrected chi connectivity index (χ2v) is 5.97. The first-order valence-corrected chi connectivity index (χ1v) is 8.07. The molecule has 1 amide bonds. The quantitative estimate of drug-likeness (QED) is 0.769. The monoisotopic (exact) mass is 258 g/mol. The smallest absolute Gasteiger partial charge is 0.239 e. The summed E-state index contributed by atoms with van der Waals surface area (Å²) in [5.74, 6) is 1.09. The highest BCUT2D eigenvalue weighted by atomic mass is 32.2. The molecule has 1 fully saturated rings. The molecule has 0 aromatic rings. The summed E-state index contributed by atoms with van der Waals surface area (Å²) >= 11 is 1.75. The molecule has 1 saturated carbocycles. The van der Waals surface area contributed by atoms with Crippen molar-refractivity contribution in [2.45, 2.75) is 57.0 Å². The fourth-order valence-electron chi connectivity index (χ4n) is 2.45. The third-order valence-electron chi connectivity index (χ3n) is 3.67. The van der Waals surface area contributed by atoms with Crippen molar-refractivity contribution < 1.29 is 4.79 Å². The summed E-state index contributed by atoms with van der Waals surface area (Å²) < 4.78 is 0. The maximum atomic E-state index is 12.2. The maximum Gasteiger partial charge on any atom is 0.239 e. The second-order valence-electron chi connectivity index (χ2n) is 4.98. The minimum absolute atomic E-state index is 0.131. The highest BCUT2D eigenvalue weighted by Crippen LogP contribution is 2.21. The van der Waals surface area contributed by atoms with Crippen LogP contribution < -0.4 is 5.73 Å². The molecule has 0 radical (unpaired) electrons. The molecule has 4 heteroatoms. The van der Waals surface area contributed by atoms with Gasteiger partial charge >= 0.3 is 0 Å². The Morgan fingerprint density at radius 1 is 1.35 bits per heavy atom. The van der Waals surface area contributed by atoms with E-state index in [2.05, 4.69) is 0 Å². The molecule has 2 N–H and O–H groups in total. The number of amides is 1. The van der Waals surface area contributed by atoms with Crippen LogP contribution in [0.3, 0.4) is 0 Å². The Kier molecular flexibility index (Phi) is 6.97. The van der Waals surface area contributed by atoms with Crippen LogP contribution in [0.4, 0.5) is 0 Å². The molecular weight excluding hydrogens is 232 g/mol. The van der Waals surface area contributed by atoms with E-state index in [1.54, 1.807) is 11.8 Å². The summed E-state index contributed by atoms with van der Waals surface area (Å²) in [7, 11) is 1.93. The van der Waals surface area contributed by atoms with Gasteiger partial charge in [-0.15, -0.1) is 0 Å². The SMILES string of the molecule is CSCC[C@H](N)C(=O)N(C)C1CCCCCC1. The number of nitrogens with two attached hydrogens (primary N) is 1. The lowest BCUT2D eigenvalue weighted by Crippen LogP contribution is -2.46. The van der Waals surface area contributed by atoms with Gasteiger partial charge in [-0.1, -0.05) is 25.7 Å². The van der Waals surface area contributed by atoms with Crippen molar-refractivity contribution in [3.8, 4) is 0 Å². The molecule has 100 valence electrons. The Bertz CT molecular complexity index is 227. The lowest BCUT2D eigenvalue weighted by molar-refractivity contribution is -0.133. The molecule has 3 nitrogen and oxygen atoms in total. The van der Waals surface area contributed by atoms with Gasteiger partial charge in [0.25, 0.3) is 0 Å². The molecule has 0 aliphatic heterocycles. The van der Waals surface area contributed by atoms with E-state index in [1.807, 2.05) is 18.2 Å². The van der Waals surface area contributed by atoms with E-state index >= 15 is 0 Å². The third-order valence-corrected chi connectivity index (χ3v) is 4.31. The van der Waals surface area contributed by atoms with Crippen molar-refractivity contribution in [2.75, 3.05) is 19.1 Å². The lowest BCUT2D eigenvalue weighted by atomic mass is 10.1. The minimum atomic E-state index is -0.310. The maximum absolute atomic E-state index is 12.2. The van der Waals surface area contributed by atoms with Crippen molar-refractivity contribution in [2.24, 2.45) is 5.73 Å². The van der Waals surface area contributed by atoms with E-state index in [4.69, 9.17) is 5.73 Å². The van der Waals surface area contributed by atoms with Crippen LogP contribution in [-0.2, 0) is 4.79 Å². The average molecular weight is 258 g/mol. The van der Waals surface area contributed by atoms with Crippen LogP contribution in [0.5, 0.6) is 0 Å². The number of carbonyl (C=O) groups is 1. The number of hydrogen-bond acceptors (Lipinski definition) is 3. The summed E-state index contributed by atoms with van der Waals surface area (Å²) in [5, 5.41) is 0. The Hall–Kier alpha value is -0.220. The van der Waals surface area contributed by atoms with Gasteiger partial charge in [0.1, 0.15) is 0 Å². The topological polar surface area (TPSA) is 46.3 Å². The molecule has 1 aliphatic rings. The zero-order chi connectivity index (χ0) is 12.7. The van der Waals surface area contributed by atoms with Crippen LogP contribution in [0.2, 0.25) is 0 Å². The molecule has 0 saturated heterocycles. The van der Waals surface area contributed by atoms with Crippen molar-refractivity contribution in [3.05, 3.63) is 0 Å². The van der Waals surface area contributed by atoms with E-state index in [-0.39, 0.29) is 11.9 Å². The Morgan fingerprint density at radius 2 is 1.94 bits per heavy atom. The van der Waals surface area contributed by atoms with Gasteiger partial charge in [0.2, 0.25) is 5.91 Å². The Morgan fingerprint density at radius 3 is 2.47 bits per heavy atom. The van der Waals surface area contributed by atoms with Gasteiger partial charge in [0.15, 0.2) is 0 Å². The summed E-state index contributed by atoms with van der Waals surface area (Å²) in [6.07, 6.45) is 10.3. The first kappa shape index (κ1) is 14.8. The first-order chi connectivity index (χ1) is 8.16. The van der Waals surface area contributed by atoms with Crippen LogP contribution in [0.15, 0.2) is 0 Å². The van der Waals surface area contributed by atoms with E-state index in [0.29, 0.717) is 6.04 Å². The molecule has 17 heavy (non-hydrogen) atoms. The van der Waals surface area contributed by atoms with Gasteiger partial charge in [-0.05, 0) is 31.3 Å². The summed E-state index contributed by atoms with van der Waals surface area (Å²) in [6, 6.07) is 0.112. The average Bonchev–Trinajstić information content (AvgIpc) is 2.62. The summed E-state index contributed by atoms with van der Waals surface area (Å²) in [5.41, 5.74) is 5.95. The molecule has 1 aliphatic carbocycles. The van der Waals surface area contributed by atoms with E-state index in [0.717, 1.165) is 25.0 Å². The van der Waals surface area contributed by atoms with Crippen molar-refractivity contribution >= 4 is 17.7 Å². The lowest BCUT2D eigenvalue weighted by Gasteiger charge is -2.29. The number of hydrogen-bond donors (Lipinski definition) is 1. The molecule has 0 heterocycles. The van der Waals surface area contributed by atoms with E-state index in [1.165, 1.54) is 25.7 Å². The number of likely N-dealkylation sites (N-methyl/N-ethyl adjacent to an activating group) is 1. The van der Waals surface area contributed by atoms with Crippen LogP contribution in [0, 0.1) is 0 Å². The largest absolute Gasteiger partial charge is 0.341 e. The van der Waals surface area contributed by atoms with Crippen molar-refractivity contribution in [1.82, 2.24) is 4.90 Å². The molecule has 1 atom stereocenters. The van der Waals surface area contributed by atoms with Gasteiger partial charge in [0.05, 0.1) is 6.04 Å². The fourth-order valence-corrected chi connectivity index (χ4v) is 2.94. The van der Waals surface area contributed by atoms with E-state index in [9.17, 15) is 4.79 Å². The standard InChI is InChI=1S/C13H26N2OS/c1-15(11-7-5-3-4-6-8-11)13(16)12(14)9-10-17-2/h11-12H,3-10,14H2,1-2H3/t12-/m0/s1. The van der Waals surface area contributed by atoms with Crippen LogP contribution in [-0.4, -0.2) is 41.9 Å². The molecule has 0 aromatic carbocycles. The molecule has 0 unspecified atom stereocenters. The molecule has 0 spiro atoms. The zero-order valence-corrected chi connectivity index (χ0v) is 12.0. The highest BCUT2D eigenvalue weighted by molar-refractivity contribution is 7.98. The molecule has 0 aromatic heterocycles. The van der Waals surface area contributed by atoms with Crippen LogP contribution in [0.1, 0.15) is 44.9 Å². The second kappa shape index (κ2) is 7.98. The Labute approximate surface area is 109 Å². The van der Waals surface area contributed by atoms with Crippen molar-refractivity contribution in [1.29, 1.82) is 0 Å². The van der Waals surface area contributed by atoms with Crippen LogP contribution in [0.25, 0.3) is 0 Å². The Balaban J connectivity index is 2.43.